The largest absolute Gasteiger partial charge is 1.00 e. The van der Waals surface area contributed by atoms with E-state index in [0.29, 0.717) is 18.9 Å². The fourth-order valence-corrected chi connectivity index (χ4v) is 2.74. The molecule has 0 spiro atoms. The first kappa shape index (κ1) is 25.0. The van der Waals surface area contributed by atoms with Gasteiger partial charge < -0.3 is 22.5 Å². The van der Waals surface area contributed by atoms with Gasteiger partial charge in [-0.3, -0.25) is 4.79 Å². The maximum Gasteiger partial charge on any atom is 0.305 e. The first-order valence-electron chi connectivity index (χ1n) is 9.68. The summed E-state index contributed by atoms with van der Waals surface area (Å²) in [5.41, 5.74) is 0. The van der Waals surface area contributed by atoms with Gasteiger partial charge in [-0.25, -0.2) is 0 Å². The van der Waals surface area contributed by atoms with Crippen molar-refractivity contribution < 1.29 is 27.3 Å². The van der Waals surface area contributed by atoms with Crippen molar-refractivity contribution in [1.29, 1.82) is 0 Å². The molecule has 0 aliphatic carbocycles. The van der Waals surface area contributed by atoms with Gasteiger partial charge in [0.2, 0.25) is 0 Å². The number of unbranched alkanes of at least 4 members (excludes halogenated alkanes) is 6. The monoisotopic (exact) mass is 349 g/mol. The summed E-state index contributed by atoms with van der Waals surface area (Å²) in [6.45, 7) is 6.28. The van der Waals surface area contributed by atoms with Crippen LogP contribution >= 0.6 is 0 Å². The molecule has 1 atom stereocenters. The lowest BCUT2D eigenvalue weighted by molar-refractivity contribution is -0.627. The van der Waals surface area contributed by atoms with Gasteiger partial charge in [0.1, 0.15) is 0 Å². The zero-order valence-electron chi connectivity index (χ0n) is 15.7. The molecule has 0 bridgehead atoms. The highest BCUT2D eigenvalue weighted by atomic mass is 35.5. The predicted octanol–water partition coefficient (Wildman–Crippen LogP) is 1.06. The molecule has 0 aliphatic rings. The van der Waals surface area contributed by atoms with Crippen LogP contribution in [-0.4, -0.2) is 26.2 Å². The molecular weight excluding hydrogens is 310 g/mol. The Balaban J connectivity index is 0. The van der Waals surface area contributed by atoms with Crippen LogP contribution in [0.2, 0.25) is 0 Å². The minimum absolute atomic E-state index is 0. The fraction of sp³-hybridized carbons (Fsp3) is 0.947. The van der Waals surface area contributed by atoms with Gasteiger partial charge in [0.15, 0.2) is 0 Å². The molecule has 0 fully saturated rings. The Kier molecular flexibility index (Phi) is 21.5. The fourth-order valence-electron chi connectivity index (χ4n) is 2.74. The number of rotatable bonds is 16. The minimum atomic E-state index is 0. The van der Waals surface area contributed by atoms with E-state index in [1.165, 1.54) is 57.8 Å². The van der Waals surface area contributed by atoms with E-state index < -0.39 is 0 Å². The maximum absolute atomic E-state index is 11.8. The number of nitrogens with two attached hydrogens (primary N) is 1. The van der Waals surface area contributed by atoms with Crippen molar-refractivity contribution in [3.05, 3.63) is 0 Å². The third kappa shape index (κ3) is 17.9. The van der Waals surface area contributed by atoms with Crippen molar-refractivity contribution in [2.75, 3.05) is 20.2 Å². The Bertz CT molecular complexity index is 250. The molecular formula is C19H40ClNO2. The Morgan fingerprint density at radius 1 is 0.913 bits per heavy atom. The number of carbonyl (C=O) groups excluding carboxylic acids is 1. The van der Waals surface area contributed by atoms with Gasteiger partial charge in [-0.1, -0.05) is 52.4 Å². The van der Waals surface area contributed by atoms with Crippen LogP contribution in [0.5, 0.6) is 0 Å². The van der Waals surface area contributed by atoms with Gasteiger partial charge in [-0.15, -0.1) is 0 Å². The minimum Gasteiger partial charge on any atom is -1.00 e. The first-order chi connectivity index (χ1) is 10.7. The van der Waals surface area contributed by atoms with Crippen LogP contribution < -0.4 is 17.7 Å². The number of esters is 1. The summed E-state index contributed by atoms with van der Waals surface area (Å²) in [4.78, 5) is 11.8. The zero-order valence-corrected chi connectivity index (χ0v) is 16.5. The predicted molar refractivity (Wildman–Crippen MR) is 93.9 cm³/mol. The summed E-state index contributed by atoms with van der Waals surface area (Å²) in [5.74, 6) is 0.589. The quantitative estimate of drug-likeness (QED) is 0.334. The third-order valence-corrected chi connectivity index (χ3v) is 4.29. The van der Waals surface area contributed by atoms with Crippen LogP contribution in [0.3, 0.4) is 0 Å². The highest BCUT2D eigenvalue weighted by Crippen LogP contribution is 2.18. The van der Waals surface area contributed by atoms with E-state index in [2.05, 4.69) is 26.2 Å². The van der Waals surface area contributed by atoms with Crippen LogP contribution in [0.25, 0.3) is 0 Å². The van der Waals surface area contributed by atoms with Crippen LogP contribution in [-0.2, 0) is 9.53 Å². The van der Waals surface area contributed by atoms with Crippen molar-refractivity contribution in [3.63, 3.8) is 0 Å². The summed E-state index contributed by atoms with van der Waals surface area (Å²) in [6, 6.07) is 0. The molecule has 0 aromatic heterocycles. The van der Waals surface area contributed by atoms with E-state index >= 15 is 0 Å². The second-order valence-corrected chi connectivity index (χ2v) is 6.55. The molecule has 2 N–H and O–H groups in total. The number of hydrogen-bond acceptors (Lipinski definition) is 2. The molecule has 1 unspecified atom stereocenters. The molecule has 0 saturated heterocycles. The summed E-state index contributed by atoms with van der Waals surface area (Å²) >= 11 is 0. The first-order valence-corrected chi connectivity index (χ1v) is 9.68. The van der Waals surface area contributed by atoms with E-state index in [4.69, 9.17) is 4.74 Å². The summed E-state index contributed by atoms with van der Waals surface area (Å²) < 4.78 is 5.52. The van der Waals surface area contributed by atoms with Crippen molar-refractivity contribution in [2.24, 2.45) is 5.92 Å². The number of hydrogen-bond donors (Lipinski definition) is 1. The average molecular weight is 350 g/mol. The van der Waals surface area contributed by atoms with Gasteiger partial charge in [0, 0.05) is 6.42 Å². The smallest absolute Gasteiger partial charge is 0.305 e. The highest BCUT2D eigenvalue weighted by Gasteiger charge is 2.11. The molecule has 0 aliphatic heterocycles. The van der Waals surface area contributed by atoms with Gasteiger partial charge in [0.25, 0.3) is 0 Å². The number of quaternary nitrogens is 1. The molecule has 0 saturated carbocycles. The van der Waals surface area contributed by atoms with E-state index in [1.807, 2.05) is 0 Å². The highest BCUT2D eigenvalue weighted by molar-refractivity contribution is 5.69. The zero-order chi connectivity index (χ0) is 16.5. The van der Waals surface area contributed by atoms with Crippen LogP contribution in [0.1, 0.15) is 90.9 Å². The summed E-state index contributed by atoms with van der Waals surface area (Å²) in [5, 5.41) is 2.19. The van der Waals surface area contributed by atoms with Crippen molar-refractivity contribution >= 4 is 5.97 Å². The lowest BCUT2D eigenvalue weighted by atomic mass is 9.96. The Morgan fingerprint density at radius 2 is 1.57 bits per heavy atom. The Hall–Kier alpha value is -0.280. The van der Waals surface area contributed by atoms with Crippen LogP contribution in [0.15, 0.2) is 0 Å². The second-order valence-electron chi connectivity index (χ2n) is 6.55. The number of carbonyl (C=O) groups is 1. The average Bonchev–Trinajstić information content (AvgIpc) is 2.53. The Morgan fingerprint density at radius 3 is 2.22 bits per heavy atom. The summed E-state index contributed by atoms with van der Waals surface area (Å²) in [6.07, 6.45) is 14.0. The van der Waals surface area contributed by atoms with E-state index in [9.17, 15) is 4.79 Å². The van der Waals surface area contributed by atoms with Gasteiger partial charge >= 0.3 is 5.97 Å². The van der Waals surface area contributed by atoms with Crippen LogP contribution in [0, 0.1) is 5.92 Å². The number of halogens is 1. The third-order valence-electron chi connectivity index (χ3n) is 4.29. The van der Waals surface area contributed by atoms with Gasteiger partial charge in [-0.05, 0) is 38.0 Å². The summed E-state index contributed by atoms with van der Waals surface area (Å²) in [7, 11) is 2.09. The molecule has 0 aromatic carbocycles. The molecule has 4 heteroatoms. The standard InChI is InChI=1S/C19H39NO2.ClH/c1-4-6-8-10-14-18(13-7-5-2)17-22-19(21)15-11-9-12-16-20-3;/h18,20H,4-17H2,1-3H3;1H. The van der Waals surface area contributed by atoms with Crippen molar-refractivity contribution in [3.8, 4) is 0 Å². The lowest BCUT2D eigenvalue weighted by Gasteiger charge is -2.16. The maximum atomic E-state index is 11.8. The number of ether oxygens (including phenoxy) is 1. The molecule has 140 valence electrons. The van der Waals surface area contributed by atoms with Gasteiger partial charge in [-0.2, -0.15) is 0 Å². The van der Waals surface area contributed by atoms with E-state index in [1.54, 1.807) is 0 Å². The molecule has 0 rings (SSSR count). The molecule has 23 heavy (non-hydrogen) atoms. The lowest BCUT2D eigenvalue weighted by Crippen LogP contribution is -3.00. The normalized spacial score (nSPS) is 11.8. The topological polar surface area (TPSA) is 42.9 Å². The molecule has 0 amide bonds. The van der Waals surface area contributed by atoms with Gasteiger partial charge in [0.05, 0.1) is 20.2 Å². The molecule has 0 radical (unpaired) electrons. The molecule has 0 heterocycles. The van der Waals surface area contributed by atoms with Crippen molar-refractivity contribution in [1.82, 2.24) is 0 Å². The molecule has 3 nitrogen and oxygen atoms in total. The molecule has 0 aromatic rings. The van der Waals surface area contributed by atoms with Crippen molar-refractivity contribution in [2.45, 2.75) is 90.9 Å². The Labute approximate surface area is 150 Å². The van der Waals surface area contributed by atoms with E-state index in [0.717, 1.165) is 19.4 Å². The van der Waals surface area contributed by atoms with E-state index in [-0.39, 0.29) is 18.4 Å². The second kappa shape index (κ2) is 19.8. The van der Waals surface area contributed by atoms with Crippen LogP contribution in [0.4, 0.5) is 0 Å². The SMILES string of the molecule is CCCCCCC(CCCC)COC(=O)CCCCC[NH2+]C.[Cl-].